The summed E-state index contributed by atoms with van der Waals surface area (Å²) in [7, 11) is 0. The second kappa shape index (κ2) is 5.78. The van der Waals surface area contributed by atoms with Crippen molar-refractivity contribution < 1.29 is 18.0 Å². The number of nitrogens with zero attached hydrogens (tertiary/aromatic N) is 2. The van der Waals surface area contributed by atoms with E-state index in [4.69, 9.17) is 0 Å². The summed E-state index contributed by atoms with van der Waals surface area (Å²) in [4.78, 5) is 14.2. The van der Waals surface area contributed by atoms with Crippen LogP contribution in [0.3, 0.4) is 0 Å². The van der Waals surface area contributed by atoms with Crippen molar-refractivity contribution in [1.29, 1.82) is 0 Å². The maximum absolute atomic E-state index is 12.6. The topological polar surface area (TPSA) is 49.0 Å². The average molecular weight is 313 g/mol. The third-order valence-corrected chi connectivity index (χ3v) is 4.42. The van der Waals surface area contributed by atoms with Crippen molar-refractivity contribution in [3.05, 3.63) is 29.6 Å². The standard InChI is InChI=1S/C15H18F3N3O/c16-15(17,18)13-8-12(19-20-13)11-6-3-7-21(9-11)14(22)10-4-1-2-5-10/h1-2,8,10-11H,3-7,9H2,(H,19,20). The number of amides is 1. The number of rotatable bonds is 2. The molecule has 1 amide bonds. The molecule has 120 valence electrons. The van der Waals surface area contributed by atoms with E-state index < -0.39 is 11.9 Å². The summed E-state index contributed by atoms with van der Waals surface area (Å²) in [5, 5.41) is 5.84. The SMILES string of the molecule is O=C(C1CC=CC1)N1CCCC(c2cc(C(F)(F)F)n[nH]2)C1. The molecule has 1 fully saturated rings. The van der Waals surface area contributed by atoms with Crippen LogP contribution < -0.4 is 0 Å². The van der Waals surface area contributed by atoms with Crippen LogP contribution in [0, 0.1) is 5.92 Å². The van der Waals surface area contributed by atoms with Crippen LogP contribution in [-0.4, -0.2) is 34.1 Å². The fourth-order valence-electron chi connectivity index (χ4n) is 3.20. The molecule has 4 nitrogen and oxygen atoms in total. The Morgan fingerprint density at radius 1 is 1.32 bits per heavy atom. The quantitative estimate of drug-likeness (QED) is 0.853. The van der Waals surface area contributed by atoms with Gasteiger partial charge in [-0.3, -0.25) is 9.89 Å². The smallest absolute Gasteiger partial charge is 0.342 e. The lowest BCUT2D eigenvalue weighted by Gasteiger charge is -2.33. The third-order valence-electron chi connectivity index (χ3n) is 4.42. The fourth-order valence-corrected chi connectivity index (χ4v) is 3.20. The van der Waals surface area contributed by atoms with Gasteiger partial charge < -0.3 is 4.90 Å². The molecular formula is C15H18F3N3O. The first-order valence-electron chi connectivity index (χ1n) is 7.51. The molecule has 1 aliphatic heterocycles. The Morgan fingerprint density at radius 3 is 2.68 bits per heavy atom. The van der Waals surface area contributed by atoms with Crippen LogP contribution in [0.4, 0.5) is 13.2 Å². The molecule has 22 heavy (non-hydrogen) atoms. The highest BCUT2D eigenvalue weighted by Crippen LogP contribution is 2.33. The number of aromatic amines is 1. The summed E-state index contributed by atoms with van der Waals surface area (Å²) in [6.45, 7) is 1.15. The molecule has 1 N–H and O–H groups in total. The largest absolute Gasteiger partial charge is 0.435 e. The third kappa shape index (κ3) is 3.03. The van der Waals surface area contributed by atoms with Gasteiger partial charge in [-0.15, -0.1) is 0 Å². The molecule has 0 spiro atoms. The van der Waals surface area contributed by atoms with E-state index in [-0.39, 0.29) is 17.7 Å². The Labute approximate surface area is 126 Å². The maximum Gasteiger partial charge on any atom is 0.435 e. The number of alkyl halides is 3. The first-order valence-corrected chi connectivity index (χ1v) is 7.51. The summed E-state index contributed by atoms with van der Waals surface area (Å²) < 4.78 is 37.9. The Hall–Kier alpha value is -1.79. The van der Waals surface area contributed by atoms with Crippen LogP contribution in [-0.2, 0) is 11.0 Å². The molecule has 1 unspecified atom stereocenters. The highest BCUT2D eigenvalue weighted by molar-refractivity contribution is 5.79. The number of hydrogen-bond acceptors (Lipinski definition) is 2. The number of H-pyrrole nitrogens is 1. The molecule has 0 radical (unpaired) electrons. The van der Waals surface area contributed by atoms with E-state index in [1.54, 1.807) is 4.90 Å². The van der Waals surface area contributed by atoms with Crippen LogP contribution >= 0.6 is 0 Å². The molecule has 2 heterocycles. The molecule has 1 aromatic rings. The van der Waals surface area contributed by atoms with E-state index >= 15 is 0 Å². The fraction of sp³-hybridized carbons (Fsp3) is 0.600. The van der Waals surface area contributed by atoms with Gasteiger partial charge in [-0.1, -0.05) is 12.2 Å². The number of carbonyl (C=O) groups is 1. The zero-order valence-electron chi connectivity index (χ0n) is 12.1. The minimum absolute atomic E-state index is 0.00579. The summed E-state index contributed by atoms with van der Waals surface area (Å²) >= 11 is 0. The number of nitrogens with one attached hydrogen (secondary N) is 1. The average Bonchev–Trinajstić information content (AvgIpc) is 3.17. The van der Waals surface area contributed by atoms with Gasteiger partial charge in [0.1, 0.15) is 0 Å². The van der Waals surface area contributed by atoms with Gasteiger partial charge >= 0.3 is 6.18 Å². The normalized spacial score (nSPS) is 23.2. The van der Waals surface area contributed by atoms with Gasteiger partial charge in [0, 0.05) is 30.6 Å². The molecule has 1 aliphatic carbocycles. The van der Waals surface area contributed by atoms with Gasteiger partial charge in [-0.25, -0.2) is 0 Å². The van der Waals surface area contributed by atoms with Crippen LogP contribution in [0.1, 0.15) is 43.0 Å². The zero-order valence-corrected chi connectivity index (χ0v) is 12.1. The molecule has 1 aromatic heterocycles. The number of hydrogen-bond donors (Lipinski definition) is 1. The van der Waals surface area contributed by atoms with Crippen LogP contribution in [0.15, 0.2) is 18.2 Å². The van der Waals surface area contributed by atoms with Crippen molar-refractivity contribution in [2.75, 3.05) is 13.1 Å². The number of allylic oxidation sites excluding steroid dienone is 2. The van der Waals surface area contributed by atoms with E-state index in [1.807, 2.05) is 12.2 Å². The van der Waals surface area contributed by atoms with Crippen molar-refractivity contribution >= 4 is 5.91 Å². The first kappa shape index (κ1) is 15.1. The minimum atomic E-state index is -4.44. The molecule has 1 saturated heterocycles. The minimum Gasteiger partial charge on any atom is -0.342 e. The number of halogens is 3. The highest BCUT2D eigenvalue weighted by Gasteiger charge is 2.36. The molecule has 0 aromatic carbocycles. The van der Waals surface area contributed by atoms with E-state index in [1.165, 1.54) is 0 Å². The lowest BCUT2D eigenvalue weighted by Crippen LogP contribution is -2.42. The van der Waals surface area contributed by atoms with Crippen LogP contribution in [0.25, 0.3) is 0 Å². The predicted octanol–water partition coefficient (Wildman–Crippen LogP) is 3.10. The Balaban J connectivity index is 1.67. The molecule has 2 aliphatic rings. The molecule has 0 bridgehead atoms. The van der Waals surface area contributed by atoms with E-state index in [0.717, 1.165) is 31.7 Å². The summed E-state index contributed by atoms with van der Waals surface area (Å²) in [6.07, 6.45) is 2.69. The monoisotopic (exact) mass is 313 g/mol. The summed E-state index contributed by atoms with van der Waals surface area (Å²) in [5.41, 5.74) is -0.430. The lowest BCUT2D eigenvalue weighted by molar-refractivity contribution is -0.141. The summed E-state index contributed by atoms with van der Waals surface area (Å²) in [5.74, 6) is 0.0205. The van der Waals surface area contributed by atoms with Gasteiger partial charge in [0.05, 0.1) is 0 Å². The van der Waals surface area contributed by atoms with Crippen LogP contribution in [0.5, 0.6) is 0 Å². The van der Waals surface area contributed by atoms with Crippen molar-refractivity contribution in [2.24, 2.45) is 5.92 Å². The van der Waals surface area contributed by atoms with E-state index in [0.29, 0.717) is 18.8 Å². The second-order valence-corrected chi connectivity index (χ2v) is 5.97. The molecule has 1 atom stereocenters. The predicted molar refractivity (Wildman–Crippen MR) is 74.0 cm³/mol. The van der Waals surface area contributed by atoms with Crippen molar-refractivity contribution in [1.82, 2.24) is 15.1 Å². The van der Waals surface area contributed by atoms with Crippen molar-refractivity contribution in [3.8, 4) is 0 Å². The first-order chi connectivity index (χ1) is 10.4. The van der Waals surface area contributed by atoms with Gasteiger partial charge in [-0.2, -0.15) is 18.3 Å². The Bertz CT molecular complexity index is 571. The van der Waals surface area contributed by atoms with Gasteiger partial charge in [-0.05, 0) is 31.7 Å². The Kier molecular flexibility index (Phi) is 3.97. The van der Waals surface area contributed by atoms with E-state index in [9.17, 15) is 18.0 Å². The van der Waals surface area contributed by atoms with Crippen molar-refractivity contribution in [2.45, 2.75) is 37.8 Å². The van der Waals surface area contributed by atoms with Gasteiger partial charge in [0.25, 0.3) is 0 Å². The molecule has 3 rings (SSSR count). The second-order valence-electron chi connectivity index (χ2n) is 5.97. The Morgan fingerprint density at radius 2 is 2.05 bits per heavy atom. The zero-order chi connectivity index (χ0) is 15.7. The van der Waals surface area contributed by atoms with Crippen LogP contribution in [0.2, 0.25) is 0 Å². The summed E-state index contributed by atoms with van der Waals surface area (Å²) in [6, 6.07) is 1.07. The lowest BCUT2D eigenvalue weighted by atomic mass is 9.93. The maximum atomic E-state index is 12.6. The van der Waals surface area contributed by atoms with Gasteiger partial charge in [0.15, 0.2) is 5.69 Å². The molecular weight excluding hydrogens is 295 g/mol. The number of carbonyl (C=O) groups excluding carboxylic acids is 1. The number of likely N-dealkylation sites (tertiary alicyclic amines) is 1. The number of aromatic nitrogens is 2. The molecule has 7 heteroatoms. The van der Waals surface area contributed by atoms with E-state index in [2.05, 4.69) is 10.2 Å². The van der Waals surface area contributed by atoms with Crippen molar-refractivity contribution in [3.63, 3.8) is 0 Å². The van der Waals surface area contributed by atoms with Gasteiger partial charge in [0.2, 0.25) is 5.91 Å². The highest BCUT2D eigenvalue weighted by atomic mass is 19.4. The number of piperidine rings is 1. The molecule has 0 saturated carbocycles.